The quantitative estimate of drug-likeness (QED) is 0.752. The molecule has 0 aliphatic carbocycles. The van der Waals surface area contributed by atoms with Gasteiger partial charge in [0.15, 0.2) is 11.6 Å². The van der Waals surface area contributed by atoms with Crippen molar-refractivity contribution in [2.24, 2.45) is 0 Å². The van der Waals surface area contributed by atoms with Crippen molar-refractivity contribution in [3.8, 4) is 5.75 Å². The predicted octanol–water partition coefficient (Wildman–Crippen LogP) is 2.66. The van der Waals surface area contributed by atoms with Crippen molar-refractivity contribution in [3.63, 3.8) is 0 Å². The van der Waals surface area contributed by atoms with Crippen LogP contribution in [0.5, 0.6) is 5.75 Å². The van der Waals surface area contributed by atoms with Crippen LogP contribution in [-0.2, 0) is 4.74 Å². The van der Waals surface area contributed by atoms with E-state index < -0.39 is 11.8 Å². The van der Waals surface area contributed by atoms with E-state index in [0.29, 0.717) is 0 Å². The molecule has 0 radical (unpaired) electrons. The highest BCUT2D eigenvalue weighted by molar-refractivity contribution is 6.32. The first kappa shape index (κ1) is 11.8. The molecule has 82 valence electrons. The first-order valence-corrected chi connectivity index (χ1v) is 4.68. The van der Waals surface area contributed by atoms with Gasteiger partial charge in [-0.3, -0.25) is 0 Å². The van der Waals surface area contributed by atoms with Crippen molar-refractivity contribution in [1.29, 1.82) is 0 Å². The van der Waals surface area contributed by atoms with Gasteiger partial charge in [-0.25, -0.2) is 9.18 Å². The van der Waals surface area contributed by atoms with Crippen molar-refractivity contribution in [2.45, 2.75) is 6.92 Å². The lowest BCUT2D eigenvalue weighted by atomic mass is 10.2. The Balaban J connectivity index is 3.15. The third-order valence-electron chi connectivity index (χ3n) is 1.75. The molecule has 3 nitrogen and oxygen atoms in total. The van der Waals surface area contributed by atoms with Gasteiger partial charge >= 0.3 is 5.97 Å². The minimum atomic E-state index is -0.802. The molecule has 15 heavy (non-hydrogen) atoms. The molecule has 0 unspecified atom stereocenters. The van der Waals surface area contributed by atoms with Crippen LogP contribution < -0.4 is 4.74 Å². The summed E-state index contributed by atoms with van der Waals surface area (Å²) in [6.07, 6.45) is 0. The van der Waals surface area contributed by atoms with Crippen LogP contribution in [0.4, 0.5) is 4.39 Å². The second kappa shape index (κ2) is 4.98. The van der Waals surface area contributed by atoms with Crippen molar-refractivity contribution in [2.75, 3.05) is 13.7 Å². The highest BCUT2D eigenvalue weighted by Gasteiger charge is 2.18. The minimum absolute atomic E-state index is 0.114. The van der Waals surface area contributed by atoms with Gasteiger partial charge in [0, 0.05) is 0 Å². The molecule has 0 atom stereocenters. The van der Waals surface area contributed by atoms with Crippen LogP contribution in [0, 0.1) is 5.82 Å². The highest BCUT2D eigenvalue weighted by atomic mass is 35.5. The highest BCUT2D eigenvalue weighted by Crippen LogP contribution is 2.29. The fourth-order valence-corrected chi connectivity index (χ4v) is 1.31. The lowest BCUT2D eigenvalue weighted by Crippen LogP contribution is -2.08. The maximum absolute atomic E-state index is 13.6. The first-order chi connectivity index (χ1) is 7.11. The molecule has 0 aliphatic heterocycles. The third-order valence-corrected chi connectivity index (χ3v) is 2.05. The number of esters is 1. The largest absolute Gasteiger partial charge is 0.492 e. The molecule has 1 rings (SSSR count). The van der Waals surface area contributed by atoms with E-state index in [2.05, 4.69) is 4.74 Å². The number of benzene rings is 1. The second-order valence-electron chi connectivity index (χ2n) is 2.66. The first-order valence-electron chi connectivity index (χ1n) is 4.31. The zero-order valence-corrected chi connectivity index (χ0v) is 9.10. The fourth-order valence-electron chi connectivity index (χ4n) is 1.09. The van der Waals surface area contributed by atoms with Gasteiger partial charge in [-0.05, 0) is 19.1 Å². The maximum Gasteiger partial charge on any atom is 0.341 e. The molecule has 1 aromatic carbocycles. The van der Waals surface area contributed by atoms with Crippen molar-refractivity contribution >= 4 is 17.6 Å². The molecule has 5 heteroatoms. The molecule has 0 fully saturated rings. The molecule has 0 amide bonds. The average molecular weight is 233 g/mol. The molecule has 0 aromatic heterocycles. The second-order valence-corrected chi connectivity index (χ2v) is 3.07. The Morgan fingerprint density at radius 2 is 2.20 bits per heavy atom. The summed E-state index contributed by atoms with van der Waals surface area (Å²) in [6, 6.07) is 2.65. The zero-order valence-electron chi connectivity index (χ0n) is 8.34. The number of hydrogen-bond acceptors (Lipinski definition) is 3. The lowest BCUT2D eigenvalue weighted by Gasteiger charge is -2.08. The van der Waals surface area contributed by atoms with Crippen LogP contribution in [0.1, 0.15) is 17.3 Å². The molecule has 0 saturated carbocycles. The van der Waals surface area contributed by atoms with Crippen molar-refractivity contribution in [3.05, 3.63) is 28.5 Å². The van der Waals surface area contributed by atoms with Crippen LogP contribution in [-0.4, -0.2) is 19.7 Å². The molecular weight excluding hydrogens is 223 g/mol. The summed E-state index contributed by atoms with van der Waals surface area (Å²) < 4.78 is 23.0. The van der Waals surface area contributed by atoms with E-state index in [9.17, 15) is 9.18 Å². The van der Waals surface area contributed by atoms with E-state index in [4.69, 9.17) is 16.3 Å². The third kappa shape index (κ3) is 2.39. The maximum atomic E-state index is 13.6. The minimum Gasteiger partial charge on any atom is -0.492 e. The number of methoxy groups -OCH3 is 1. The smallest absolute Gasteiger partial charge is 0.341 e. The molecule has 0 spiro atoms. The standard InChI is InChI=1S/C10H10ClFO3/c1-3-15-10(13)6-4-5-7(11)9(14-2)8(6)12/h4-5H,3H2,1-2H3. The van der Waals surface area contributed by atoms with Crippen LogP contribution in [0.15, 0.2) is 12.1 Å². The average Bonchev–Trinajstić information content (AvgIpc) is 2.18. The molecule has 0 saturated heterocycles. The van der Waals surface area contributed by atoms with Gasteiger partial charge in [0.25, 0.3) is 0 Å². The van der Waals surface area contributed by atoms with Gasteiger partial charge in [0.2, 0.25) is 0 Å². The van der Waals surface area contributed by atoms with Gasteiger partial charge < -0.3 is 9.47 Å². The summed E-state index contributed by atoms with van der Waals surface area (Å²) in [7, 11) is 1.28. The van der Waals surface area contributed by atoms with E-state index in [1.807, 2.05) is 0 Å². The Bertz CT molecular complexity index is 379. The molecule has 0 N–H and O–H groups in total. The van der Waals surface area contributed by atoms with Gasteiger partial charge in [-0.1, -0.05) is 11.6 Å². The van der Waals surface area contributed by atoms with Crippen LogP contribution in [0.3, 0.4) is 0 Å². The summed E-state index contributed by atoms with van der Waals surface area (Å²) in [4.78, 5) is 11.3. The molecule has 0 aliphatic rings. The topological polar surface area (TPSA) is 35.5 Å². The van der Waals surface area contributed by atoms with E-state index in [0.717, 1.165) is 0 Å². The van der Waals surface area contributed by atoms with Gasteiger partial charge in [0.05, 0.1) is 24.3 Å². The molecule has 0 bridgehead atoms. The summed E-state index contributed by atoms with van der Waals surface area (Å²) in [5.74, 6) is -1.68. The number of carbonyl (C=O) groups is 1. The van der Waals surface area contributed by atoms with Crippen LogP contribution >= 0.6 is 11.6 Å². The Hall–Kier alpha value is -1.29. The Morgan fingerprint density at radius 3 is 2.73 bits per heavy atom. The summed E-state index contributed by atoms with van der Waals surface area (Å²) >= 11 is 5.67. The Labute approximate surface area is 91.7 Å². The monoisotopic (exact) mass is 232 g/mol. The van der Waals surface area contributed by atoms with Gasteiger partial charge in [-0.2, -0.15) is 0 Å². The lowest BCUT2D eigenvalue weighted by molar-refractivity contribution is 0.0520. The summed E-state index contributed by atoms with van der Waals surface area (Å²) in [5.41, 5.74) is -0.182. The van der Waals surface area contributed by atoms with Crippen LogP contribution in [0.2, 0.25) is 5.02 Å². The summed E-state index contributed by atoms with van der Waals surface area (Å²) in [6.45, 7) is 1.83. The van der Waals surface area contributed by atoms with E-state index >= 15 is 0 Å². The number of halogens is 2. The normalized spacial score (nSPS) is 9.87. The summed E-state index contributed by atoms with van der Waals surface area (Å²) in [5, 5.41) is 0.114. The number of hydrogen-bond donors (Lipinski definition) is 0. The Kier molecular flexibility index (Phi) is 3.91. The van der Waals surface area contributed by atoms with Gasteiger partial charge in [0.1, 0.15) is 0 Å². The SMILES string of the molecule is CCOC(=O)c1ccc(Cl)c(OC)c1F. The molecule has 1 aromatic rings. The number of rotatable bonds is 3. The van der Waals surface area contributed by atoms with Crippen molar-refractivity contribution < 1.29 is 18.7 Å². The van der Waals surface area contributed by atoms with E-state index in [1.165, 1.54) is 19.2 Å². The van der Waals surface area contributed by atoms with Gasteiger partial charge in [-0.15, -0.1) is 0 Å². The molecular formula is C10H10ClFO3. The van der Waals surface area contributed by atoms with Crippen molar-refractivity contribution in [1.82, 2.24) is 0 Å². The predicted molar refractivity (Wildman–Crippen MR) is 53.9 cm³/mol. The molecule has 0 heterocycles. The van der Waals surface area contributed by atoms with E-state index in [1.54, 1.807) is 6.92 Å². The Morgan fingerprint density at radius 1 is 1.53 bits per heavy atom. The van der Waals surface area contributed by atoms with E-state index in [-0.39, 0.29) is 22.9 Å². The van der Waals surface area contributed by atoms with Crippen LogP contribution in [0.25, 0.3) is 0 Å². The zero-order chi connectivity index (χ0) is 11.4. The number of ether oxygens (including phenoxy) is 2. The number of carbonyl (C=O) groups excluding carboxylic acids is 1. The fraction of sp³-hybridized carbons (Fsp3) is 0.300.